The average Bonchev–Trinajstić information content (AvgIpc) is 3.31. The zero-order valence-corrected chi connectivity index (χ0v) is 17.4. The van der Waals surface area contributed by atoms with Crippen LogP contribution in [0.5, 0.6) is 0 Å². The highest BCUT2D eigenvalue weighted by Gasteiger charge is 2.60. The first-order chi connectivity index (χ1) is 15.1. The van der Waals surface area contributed by atoms with E-state index in [0.29, 0.717) is 5.69 Å². The Balaban J connectivity index is 1.57. The molecule has 2 aliphatic heterocycles. The van der Waals surface area contributed by atoms with Crippen LogP contribution in [0.3, 0.4) is 0 Å². The van der Waals surface area contributed by atoms with Gasteiger partial charge >= 0.3 is 0 Å². The summed E-state index contributed by atoms with van der Waals surface area (Å²) in [5.41, 5.74) is 3.37. The minimum atomic E-state index is -0.855. The molecule has 0 N–H and O–H groups in total. The summed E-state index contributed by atoms with van der Waals surface area (Å²) < 4.78 is 0. The average molecular weight is 413 g/mol. The fraction of sp³-hybridized carbons (Fsp3) is 0.200. The molecule has 2 amide bonds. The molecule has 0 aliphatic carbocycles. The lowest BCUT2D eigenvalue weighted by atomic mass is 9.90. The molecule has 2 aliphatic rings. The molecular weight excluding hydrogens is 390 g/mol. The third kappa shape index (κ3) is 3.16. The summed E-state index contributed by atoms with van der Waals surface area (Å²) in [7, 11) is 3.97. The number of hydroxylamine groups is 1. The highest BCUT2D eigenvalue weighted by atomic mass is 16.7. The summed E-state index contributed by atoms with van der Waals surface area (Å²) in [5, 5.41) is 1.72. The number of hydrogen-bond donors (Lipinski definition) is 0. The maximum Gasteiger partial charge on any atom is 0.266 e. The Morgan fingerprint density at radius 3 is 1.90 bits per heavy atom. The molecule has 31 heavy (non-hydrogen) atoms. The molecule has 0 spiro atoms. The number of imide groups is 1. The third-order valence-electron chi connectivity index (χ3n) is 5.89. The van der Waals surface area contributed by atoms with Crippen LogP contribution < -0.4 is 14.9 Å². The van der Waals surface area contributed by atoms with E-state index < -0.39 is 18.1 Å². The minimum Gasteiger partial charge on any atom is -0.378 e. The fourth-order valence-electron chi connectivity index (χ4n) is 4.35. The molecule has 3 atom stereocenters. The Bertz CT molecular complexity index is 1100. The van der Waals surface area contributed by atoms with Crippen molar-refractivity contribution in [3.8, 4) is 0 Å². The normalized spacial score (nSPS) is 22.7. The van der Waals surface area contributed by atoms with E-state index in [1.54, 1.807) is 17.2 Å². The summed E-state index contributed by atoms with van der Waals surface area (Å²) >= 11 is 0. The zero-order chi connectivity index (χ0) is 21.5. The van der Waals surface area contributed by atoms with Gasteiger partial charge < -0.3 is 4.90 Å². The highest BCUT2D eigenvalue weighted by Crippen LogP contribution is 2.47. The second-order valence-corrected chi connectivity index (χ2v) is 7.99. The first kappa shape index (κ1) is 19.3. The topological polar surface area (TPSA) is 53.1 Å². The van der Waals surface area contributed by atoms with E-state index in [1.165, 1.54) is 4.90 Å². The maximum atomic E-state index is 13.5. The van der Waals surface area contributed by atoms with Crippen molar-refractivity contribution in [1.82, 2.24) is 0 Å². The molecule has 0 saturated carbocycles. The molecule has 2 saturated heterocycles. The Kier molecular flexibility index (Phi) is 4.71. The van der Waals surface area contributed by atoms with E-state index in [0.717, 1.165) is 16.9 Å². The van der Waals surface area contributed by atoms with E-state index in [2.05, 4.69) is 0 Å². The predicted molar refractivity (Wildman–Crippen MR) is 120 cm³/mol. The second kappa shape index (κ2) is 7.56. The van der Waals surface area contributed by atoms with E-state index in [4.69, 9.17) is 4.84 Å². The van der Waals surface area contributed by atoms with Crippen molar-refractivity contribution in [2.45, 2.75) is 12.1 Å². The predicted octanol–water partition coefficient (Wildman–Crippen LogP) is 3.80. The molecule has 3 aromatic carbocycles. The fourth-order valence-corrected chi connectivity index (χ4v) is 4.35. The Labute approximate surface area is 181 Å². The van der Waals surface area contributed by atoms with Gasteiger partial charge in [-0.15, -0.1) is 0 Å². The van der Waals surface area contributed by atoms with Gasteiger partial charge in [0, 0.05) is 19.8 Å². The third-order valence-corrected chi connectivity index (χ3v) is 5.89. The largest absolute Gasteiger partial charge is 0.378 e. The van der Waals surface area contributed by atoms with Gasteiger partial charge in [0.1, 0.15) is 5.92 Å². The zero-order valence-electron chi connectivity index (χ0n) is 17.4. The molecule has 0 unspecified atom stereocenters. The van der Waals surface area contributed by atoms with Crippen molar-refractivity contribution in [1.29, 1.82) is 0 Å². The molecule has 2 heterocycles. The van der Waals surface area contributed by atoms with Crippen molar-refractivity contribution in [2.24, 2.45) is 5.92 Å². The Morgan fingerprint density at radius 2 is 1.32 bits per heavy atom. The number of hydrogen-bond acceptors (Lipinski definition) is 5. The van der Waals surface area contributed by atoms with Crippen molar-refractivity contribution < 1.29 is 14.4 Å². The van der Waals surface area contributed by atoms with E-state index in [-0.39, 0.29) is 11.8 Å². The number of nitrogens with zero attached hydrogens (tertiary/aromatic N) is 3. The van der Waals surface area contributed by atoms with Crippen LogP contribution in [0.25, 0.3) is 0 Å². The summed E-state index contributed by atoms with van der Waals surface area (Å²) in [6.45, 7) is 0. The van der Waals surface area contributed by atoms with Crippen LogP contribution in [0.4, 0.5) is 17.1 Å². The van der Waals surface area contributed by atoms with E-state index in [9.17, 15) is 9.59 Å². The first-order valence-corrected chi connectivity index (χ1v) is 10.3. The lowest BCUT2D eigenvalue weighted by Crippen LogP contribution is -2.37. The molecule has 156 valence electrons. The summed E-state index contributed by atoms with van der Waals surface area (Å²) in [6, 6.07) is 26.3. The lowest BCUT2D eigenvalue weighted by Gasteiger charge is -2.29. The number of amides is 2. The van der Waals surface area contributed by atoms with Crippen LogP contribution in [-0.4, -0.2) is 32.0 Å². The smallest absolute Gasteiger partial charge is 0.266 e. The van der Waals surface area contributed by atoms with E-state index in [1.807, 2.05) is 91.8 Å². The Morgan fingerprint density at radius 1 is 0.742 bits per heavy atom. The van der Waals surface area contributed by atoms with Gasteiger partial charge in [0.2, 0.25) is 5.91 Å². The van der Waals surface area contributed by atoms with Gasteiger partial charge in [0.25, 0.3) is 5.91 Å². The SMILES string of the molecule is CN(C)c1ccc([C@@H]2[C@H]3C(=O)N(c4ccccc4)C(=O)[C@@H]3ON2c2ccccc2)cc1. The van der Waals surface area contributed by atoms with Crippen LogP contribution >= 0.6 is 0 Å². The number of anilines is 3. The van der Waals surface area contributed by atoms with Crippen LogP contribution in [0.1, 0.15) is 11.6 Å². The molecule has 2 fully saturated rings. The van der Waals surface area contributed by atoms with Gasteiger partial charge in [-0.3, -0.25) is 14.4 Å². The molecule has 0 radical (unpaired) electrons. The molecule has 3 aromatic rings. The van der Waals surface area contributed by atoms with Gasteiger partial charge in [-0.25, -0.2) is 9.96 Å². The summed E-state index contributed by atoms with van der Waals surface area (Å²) in [5.74, 6) is -1.19. The molecule has 0 bridgehead atoms. The molecule has 6 heteroatoms. The molecule has 0 aromatic heterocycles. The van der Waals surface area contributed by atoms with Crippen molar-refractivity contribution in [2.75, 3.05) is 29.0 Å². The summed E-state index contributed by atoms with van der Waals surface area (Å²) in [4.78, 5) is 36.2. The Hall–Kier alpha value is -3.64. The van der Waals surface area contributed by atoms with E-state index >= 15 is 0 Å². The number of fused-ring (bicyclic) bond motifs is 1. The van der Waals surface area contributed by atoms with Crippen molar-refractivity contribution in [3.63, 3.8) is 0 Å². The number of carbonyl (C=O) groups is 2. The molecule has 5 rings (SSSR count). The van der Waals surface area contributed by atoms with Crippen LogP contribution in [-0.2, 0) is 14.4 Å². The van der Waals surface area contributed by atoms with Crippen LogP contribution in [0.15, 0.2) is 84.9 Å². The number of para-hydroxylation sites is 2. The quantitative estimate of drug-likeness (QED) is 0.609. The number of rotatable bonds is 4. The van der Waals surface area contributed by atoms with Crippen LogP contribution in [0.2, 0.25) is 0 Å². The van der Waals surface area contributed by atoms with Gasteiger partial charge in [-0.1, -0.05) is 48.5 Å². The van der Waals surface area contributed by atoms with Crippen molar-refractivity contribution in [3.05, 3.63) is 90.5 Å². The molecule has 6 nitrogen and oxygen atoms in total. The lowest BCUT2D eigenvalue weighted by molar-refractivity contribution is -0.126. The van der Waals surface area contributed by atoms with Gasteiger partial charge in [0.15, 0.2) is 6.10 Å². The summed E-state index contributed by atoms with van der Waals surface area (Å²) in [6.07, 6.45) is -0.855. The van der Waals surface area contributed by atoms with Crippen molar-refractivity contribution >= 4 is 28.9 Å². The van der Waals surface area contributed by atoms with Gasteiger partial charge in [0.05, 0.1) is 17.4 Å². The second-order valence-electron chi connectivity index (χ2n) is 7.99. The molecular formula is C25H23N3O3. The number of benzene rings is 3. The minimum absolute atomic E-state index is 0.235. The monoisotopic (exact) mass is 413 g/mol. The highest BCUT2D eigenvalue weighted by molar-refractivity contribution is 6.23. The van der Waals surface area contributed by atoms with Crippen LogP contribution in [0, 0.1) is 5.92 Å². The van der Waals surface area contributed by atoms with Gasteiger partial charge in [-0.2, -0.15) is 0 Å². The standard InChI is InChI=1S/C25H23N3O3/c1-26(2)18-15-13-17(14-16-18)22-21-23(31-28(22)20-11-7-4-8-12-20)25(30)27(24(21)29)19-9-5-3-6-10-19/h3-16,21-23H,1-2H3/t21-,22-,23-/m1/s1. The maximum absolute atomic E-state index is 13.5. The first-order valence-electron chi connectivity index (χ1n) is 10.3. The number of carbonyl (C=O) groups excluding carboxylic acids is 2. The van der Waals surface area contributed by atoms with Gasteiger partial charge in [-0.05, 0) is 42.0 Å².